The lowest BCUT2D eigenvalue weighted by atomic mass is 9.98. The van der Waals surface area contributed by atoms with Crippen LogP contribution in [0.25, 0.3) is 10.8 Å². The topological polar surface area (TPSA) is 15.3 Å². The van der Waals surface area contributed by atoms with Crippen molar-refractivity contribution in [3.63, 3.8) is 0 Å². The number of benzene rings is 2. The normalized spacial score (nSPS) is 18.2. The number of hydrogen-bond donors (Lipinski definition) is 1. The van der Waals surface area contributed by atoms with Gasteiger partial charge in [0.05, 0.1) is 6.67 Å². The van der Waals surface area contributed by atoms with E-state index in [-0.39, 0.29) is 12.7 Å². The first-order chi connectivity index (χ1) is 9.88. The molecule has 1 aliphatic rings. The molecule has 2 aromatic carbocycles. The summed E-state index contributed by atoms with van der Waals surface area (Å²) in [4.78, 5) is 2.40. The Bertz CT molecular complexity index is 564. The molecule has 1 saturated heterocycles. The van der Waals surface area contributed by atoms with Crippen LogP contribution < -0.4 is 5.32 Å². The van der Waals surface area contributed by atoms with Gasteiger partial charge < -0.3 is 5.32 Å². The zero-order valence-corrected chi connectivity index (χ0v) is 11.7. The summed E-state index contributed by atoms with van der Waals surface area (Å²) >= 11 is 0. The highest BCUT2D eigenvalue weighted by Gasteiger charge is 2.21. The maximum absolute atomic E-state index is 13.0. The molecule has 2 aromatic rings. The fourth-order valence-corrected chi connectivity index (χ4v) is 3.07. The van der Waals surface area contributed by atoms with Crippen LogP contribution in [0.2, 0.25) is 0 Å². The molecule has 0 radical (unpaired) electrons. The van der Waals surface area contributed by atoms with E-state index < -0.39 is 0 Å². The van der Waals surface area contributed by atoms with E-state index in [4.69, 9.17) is 0 Å². The van der Waals surface area contributed by atoms with Crippen molar-refractivity contribution >= 4 is 10.8 Å². The largest absolute Gasteiger partial charge is 0.314 e. The predicted octanol–water partition coefficient (Wildman–Crippen LogP) is 3.15. The van der Waals surface area contributed by atoms with E-state index in [9.17, 15) is 4.39 Å². The molecule has 1 aliphatic heterocycles. The Morgan fingerprint density at radius 2 is 1.80 bits per heavy atom. The van der Waals surface area contributed by atoms with Crippen molar-refractivity contribution in [1.29, 1.82) is 0 Å². The molecule has 1 atom stereocenters. The lowest BCUT2D eigenvalue weighted by Crippen LogP contribution is -2.45. The molecule has 0 unspecified atom stereocenters. The van der Waals surface area contributed by atoms with Gasteiger partial charge in [-0.25, -0.2) is 0 Å². The van der Waals surface area contributed by atoms with Crippen LogP contribution in [-0.2, 0) is 0 Å². The van der Waals surface area contributed by atoms with Gasteiger partial charge in [-0.1, -0.05) is 36.4 Å². The summed E-state index contributed by atoms with van der Waals surface area (Å²) in [5, 5.41) is 5.84. The summed E-state index contributed by atoms with van der Waals surface area (Å²) in [6.45, 7) is 3.73. The van der Waals surface area contributed by atoms with E-state index in [1.807, 2.05) is 0 Å². The quantitative estimate of drug-likeness (QED) is 0.920. The van der Waals surface area contributed by atoms with E-state index >= 15 is 0 Å². The summed E-state index contributed by atoms with van der Waals surface area (Å²) in [5.74, 6) is 0. The Hall–Kier alpha value is -1.45. The number of alkyl halides is 1. The molecule has 0 spiro atoms. The van der Waals surface area contributed by atoms with Crippen LogP contribution in [0.1, 0.15) is 18.0 Å². The molecule has 0 saturated carbocycles. The first kappa shape index (κ1) is 13.5. The minimum absolute atomic E-state index is 0.201. The zero-order valence-electron chi connectivity index (χ0n) is 11.7. The third-order valence-corrected chi connectivity index (χ3v) is 4.13. The lowest BCUT2D eigenvalue weighted by molar-refractivity contribution is 0.157. The van der Waals surface area contributed by atoms with Crippen molar-refractivity contribution in [3.05, 3.63) is 48.0 Å². The summed E-state index contributed by atoms with van der Waals surface area (Å²) < 4.78 is 13.0. The van der Waals surface area contributed by atoms with Crippen LogP contribution in [0.4, 0.5) is 4.39 Å². The monoisotopic (exact) mass is 272 g/mol. The van der Waals surface area contributed by atoms with E-state index in [1.165, 1.54) is 16.3 Å². The molecule has 0 aromatic heterocycles. The first-order valence-electron chi connectivity index (χ1n) is 7.38. The average molecular weight is 272 g/mol. The first-order valence-corrected chi connectivity index (χ1v) is 7.38. The molecule has 0 bridgehead atoms. The van der Waals surface area contributed by atoms with Gasteiger partial charge in [0.15, 0.2) is 0 Å². The molecule has 0 amide bonds. The van der Waals surface area contributed by atoms with Crippen molar-refractivity contribution in [2.24, 2.45) is 0 Å². The van der Waals surface area contributed by atoms with Gasteiger partial charge in [0.2, 0.25) is 0 Å². The van der Waals surface area contributed by atoms with Gasteiger partial charge in [0.25, 0.3) is 0 Å². The Morgan fingerprint density at radius 1 is 1.05 bits per heavy atom. The lowest BCUT2D eigenvalue weighted by Gasteiger charge is -2.35. The molecule has 1 heterocycles. The average Bonchev–Trinajstić information content (AvgIpc) is 2.53. The number of nitrogens with one attached hydrogen (secondary N) is 1. The van der Waals surface area contributed by atoms with E-state index in [0.717, 1.165) is 26.2 Å². The van der Waals surface area contributed by atoms with Crippen LogP contribution in [0.5, 0.6) is 0 Å². The Kier molecular flexibility index (Phi) is 4.28. The third kappa shape index (κ3) is 2.84. The zero-order chi connectivity index (χ0) is 13.8. The standard InChI is InChI=1S/C17H21FN2/c18-8-7-17(20-11-9-19-10-12-20)16-6-5-14-3-1-2-4-15(14)13-16/h1-6,13,17,19H,7-12H2/t17-/m0/s1. The molecule has 0 aliphatic carbocycles. The van der Waals surface area contributed by atoms with Crippen molar-refractivity contribution < 1.29 is 4.39 Å². The minimum Gasteiger partial charge on any atom is -0.314 e. The third-order valence-electron chi connectivity index (χ3n) is 4.13. The van der Waals surface area contributed by atoms with Crippen molar-refractivity contribution in [1.82, 2.24) is 10.2 Å². The van der Waals surface area contributed by atoms with E-state index in [2.05, 4.69) is 52.7 Å². The van der Waals surface area contributed by atoms with Gasteiger partial charge in [-0.15, -0.1) is 0 Å². The predicted molar refractivity (Wildman–Crippen MR) is 81.7 cm³/mol. The number of hydrogen-bond acceptors (Lipinski definition) is 2. The van der Waals surface area contributed by atoms with Crippen molar-refractivity contribution in [2.75, 3.05) is 32.9 Å². The van der Waals surface area contributed by atoms with Gasteiger partial charge in [-0.3, -0.25) is 9.29 Å². The molecule has 3 heteroatoms. The Labute approximate surface area is 119 Å². The van der Waals surface area contributed by atoms with Gasteiger partial charge >= 0.3 is 0 Å². The van der Waals surface area contributed by atoms with Crippen LogP contribution >= 0.6 is 0 Å². The van der Waals surface area contributed by atoms with Gasteiger partial charge in [-0.05, 0) is 28.8 Å². The highest BCUT2D eigenvalue weighted by molar-refractivity contribution is 5.83. The number of rotatable bonds is 4. The fraction of sp³-hybridized carbons (Fsp3) is 0.412. The Morgan fingerprint density at radius 3 is 2.55 bits per heavy atom. The molecular formula is C17H21FN2. The maximum Gasteiger partial charge on any atom is 0.0912 e. The van der Waals surface area contributed by atoms with E-state index in [0.29, 0.717) is 6.42 Å². The fourth-order valence-electron chi connectivity index (χ4n) is 3.07. The van der Waals surface area contributed by atoms with Crippen molar-refractivity contribution in [3.8, 4) is 0 Å². The summed E-state index contributed by atoms with van der Waals surface area (Å²) in [7, 11) is 0. The van der Waals surface area contributed by atoms with Gasteiger partial charge in [0, 0.05) is 32.2 Å². The molecular weight excluding hydrogens is 251 g/mol. The molecule has 2 nitrogen and oxygen atoms in total. The minimum atomic E-state index is -0.262. The van der Waals surface area contributed by atoms with Crippen LogP contribution in [0.15, 0.2) is 42.5 Å². The molecule has 1 N–H and O–H groups in total. The summed E-state index contributed by atoms with van der Waals surface area (Å²) in [6.07, 6.45) is 0.582. The number of halogens is 1. The number of fused-ring (bicyclic) bond motifs is 1. The van der Waals surface area contributed by atoms with Crippen LogP contribution in [0, 0.1) is 0 Å². The molecule has 1 fully saturated rings. The highest BCUT2D eigenvalue weighted by Crippen LogP contribution is 2.27. The van der Waals surface area contributed by atoms with E-state index in [1.54, 1.807) is 0 Å². The van der Waals surface area contributed by atoms with Crippen molar-refractivity contribution in [2.45, 2.75) is 12.5 Å². The van der Waals surface area contributed by atoms with Crippen LogP contribution in [0.3, 0.4) is 0 Å². The van der Waals surface area contributed by atoms with Gasteiger partial charge in [0.1, 0.15) is 0 Å². The SMILES string of the molecule is FCC[C@@H](c1ccc2ccccc2c1)N1CCNCC1. The highest BCUT2D eigenvalue weighted by atomic mass is 19.1. The summed E-state index contributed by atoms with van der Waals surface area (Å²) in [5.41, 5.74) is 1.24. The molecule has 106 valence electrons. The summed E-state index contributed by atoms with van der Waals surface area (Å²) in [6, 6.07) is 15.1. The maximum atomic E-state index is 13.0. The second-order valence-corrected chi connectivity index (χ2v) is 5.39. The van der Waals surface area contributed by atoms with Crippen LogP contribution in [-0.4, -0.2) is 37.8 Å². The molecule has 3 rings (SSSR count). The molecule has 20 heavy (non-hydrogen) atoms. The number of nitrogens with zero attached hydrogens (tertiary/aromatic N) is 1. The Balaban J connectivity index is 1.91. The number of piperazine rings is 1. The second kappa shape index (κ2) is 6.33. The smallest absolute Gasteiger partial charge is 0.0912 e. The van der Waals surface area contributed by atoms with Gasteiger partial charge in [-0.2, -0.15) is 0 Å². The second-order valence-electron chi connectivity index (χ2n) is 5.39.